The Morgan fingerprint density at radius 1 is 1.32 bits per heavy atom. The minimum atomic E-state index is -0.430. The summed E-state index contributed by atoms with van der Waals surface area (Å²) in [5.41, 5.74) is 0.994. The number of hydrogen-bond acceptors (Lipinski definition) is 4. The average Bonchev–Trinajstić information content (AvgIpc) is 2.42. The first-order valence-corrected chi connectivity index (χ1v) is 6.48. The molecule has 104 valence electrons. The second-order valence-corrected chi connectivity index (χ2v) is 4.38. The Morgan fingerprint density at radius 3 is 2.42 bits per heavy atom. The molecule has 0 bridgehead atoms. The zero-order valence-electron chi connectivity index (χ0n) is 11.3. The third-order valence-electron chi connectivity index (χ3n) is 2.95. The van der Waals surface area contributed by atoms with E-state index < -0.39 is 4.92 Å². The minimum Gasteiger partial charge on any atom is -0.466 e. The lowest BCUT2D eigenvalue weighted by molar-refractivity contribution is -0.384. The molecule has 0 amide bonds. The number of benzene rings is 1. The maximum atomic E-state index is 11.6. The van der Waals surface area contributed by atoms with Gasteiger partial charge in [-0.05, 0) is 24.3 Å². The fourth-order valence-corrected chi connectivity index (χ4v) is 1.84. The highest BCUT2D eigenvalue weighted by Crippen LogP contribution is 2.25. The fourth-order valence-electron chi connectivity index (χ4n) is 1.84. The number of ether oxygens (including phenoxy) is 1. The highest BCUT2D eigenvalue weighted by molar-refractivity contribution is 5.70. The van der Waals surface area contributed by atoms with Crippen molar-refractivity contribution in [2.75, 3.05) is 6.61 Å². The Morgan fingerprint density at radius 2 is 1.95 bits per heavy atom. The molecule has 0 aliphatic rings. The molecule has 1 aromatic carbocycles. The number of nitro groups is 1. The second-order valence-electron chi connectivity index (χ2n) is 4.38. The first kappa shape index (κ1) is 15.1. The minimum absolute atomic E-state index is 0.0464. The van der Waals surface area contributed by atoms with Crippen molar-refractivity contribution in [3.05, 3.63) is 39.9 Å². The molecule has 0 aliphatic heterocycles. The van der Waals surface area contributed by atoms with E-state index in [1.165, 1.54) is 12.1 Å². The third-order valence-corrected chi connectivity index (χ3v) is 2.95. The van der Waals surface area contributed by atoms with Crippen LogP contribution in [0.2, 0.25) is 0 Å². The van der Waals surface area contributed by atoms with E-state index >= 15 is 0 Å². The second kappa shape index (κ2) is 7.51. The molecule has 1 aromatic rings. The monoisotopic (exact) mass is 265 g/mol. The van der Waals surface area contributed by atoms with Crippen molar-refractivity contribution in [2.45, 2.75) is 39.0 Å². The van der Waals surface area contributed by atoms with Gasteiger partial charge >= 0.3 is 5.97 Å². The SMILES string of the molecule is CCCOC(=O)CC(CC)c1ccc([N+](=O)[O-])cc1. The Kier molecular flexibility index (Phi) is 5.99. The number of carbonyl (C=O) groups is 1. The summed E-state index contributed by atoms with van der Waals surface area (Å²) in [5.74, 6) is -0.169. The summed E-state index contributed by atoms with van der Waals surface area (Å²) < 4.78 is 5.06. The molecule has 1 atom stereocenters. The number of nitro benzene ring substituents is 1. The van der Waals surface area contributed by atoms with Crippen molar-refractivity contribution >= 4 is 11.7 Å². The number of hydrogen-bond donors (Lipinski definition) is 0. The molecule has 0 heterocycles. The molecule has 0 fully saturated rings. The lowest BCUT2D eigenvalue weighted by Gasteiger charge is -2.14. The Bertz CT molecular complexity index is 428. The molecule has 0 N–H and O–H groups in total. The maximum Gasteiger partial charge on any atom is 0.306 e. The summed E-state index contributed by atoms with van der Waals surface area (Å²) in [6.45, 7) is 4.37. The van der Waals surface area contributed by atoms with Gasteiger partial charge in [-0.2, -0.15) is 0 Å². The Balaban J connectivity index is 2.68. The van der Waals surface area contributed by atoms with Gasteiger partial charge in [-0.3, -0.25) is 14.9 Å². The van der Waals surface area contributed by atoms with Crippen molar-refractivity contribution in [1.29, 1.82) is 0 Å². The van der Waals surface area contributed by atoms with Gasteiger partial charge < -0.3 is 4.74 Å². The van der Waals surface area contributed by atoms with Gasteiger partial charge in [-0.15, -0.1) is 0 Å². The van der Waals surface area contributed by atoms with Gasteiger partial charge in [0.05, 0.1) is 18.0 Å². The fraction of sp³-hybridized carbons (Fsp3) is 0.500. The van der Waals surface area contributed by atoms with Crippen LogP contribution in [0, 0.1) is 10.1 Å². The highest BCUT2D eigenvalue weighted by Gasteiger charge is 2.16. The van der Waals surface area contributed by atoms with E-state index in [4.69, 9.17) is 4.74 Å². The number of rotatable bonds is 7. The number of carbonyl (C=O) groups excluding carboxylic acids is 1. The number of nitrogens with zero attached hydrogens (tertiary/aromatic N) is 1. The topological polar surface area (TPSA) is 69.4 Å². The zero-order valence-corrected chi connectivity index (χ0v) is 11.3. The van der Waals surface area contributed by atoms with E-state index in [1.54, 1.807) is 12.1 Å². The van der Waals surface area contributed by atoms with Crippen LogP contribution in [0.5, 0.6) is 0 Å². The van der Waals surface area contributed by atoms with Crippen molar-refractivity contribution in [3.63, 3.8) is 0 Å². The Labute approximate surface area is 112 Å². The standard InChI is InChI=1S/C14H19NO4/c1-3-9-19-14(16)10-11(4-2)12-5-7-13(8-6-12)15(17)18/h5-8,11H,3-4,9-10H2,1-2H3. The van der Waals surface area contributed by atoms with Gasteiger partial charge in [0.15, 0.2) is 0 Å². The quantitative estimate of drug-likeness (QED) is 0.430. The van der Waals surface area contributed by atoms with Gasteiger partial charge in [0.25, 0.3) is 5.69 Å². The summed E-state index contributed by atoms with van der Waals surface area (Å²) in [6.07, 6.45) is 1.91. The van der Waals surface area contributed by atoms with Crippen LogP contribution in [-0.2, 0) is 9.53 Å². The highest BCUT2D eigenvalue weighted by atomic mass is 16.6. The van der Waals surface area contributed by atoms with E-state index in [0.717, 1.165) is 18.4 Å². The van der Waals surface area contributed by atoms with Crippen molar-refractivity contribution < 1.29 is 14.5 Å². The molecule has 0 radical (unpaired) electrons. The summed E-state index contributed by atoms with van der Waals surface area (Å²) in [5, 5.41) is 10.6. The van der Waals surface area contributed by atoms with Gasteiger partial charge in [0.2, 0.25) is 0 Å². The van der Waals surface area contributed by atoms with E-state index in [0.29, 0.717) is 13.0 Å². The van der Waals surface area contributed by atoms with Crippen LogP contribution in [0.3, 0.4) is 0 Å². The smallest absolute Gasteiger partial charge is 0.306 e. The largest absolute Gasteiger partial charge is 0.466 e. The lowest BCUT2D eigenvalue weighted by Crippen LogP contribution is -2.10. The van der Waals surface area contributed by atoms with Crippen LogP contribution in [0.25, 0.3) is 0 Å². The zero-order chi connectivity index (χ0) is 14.3. The average molecular weight is 265 g/mol. The predicted octanol–water partition coefficient (Wildman–Crippen LogP) is 3.43. The van der Waals surface area contributed by atoms with E-state index in [-0.39, 0.29) is 17.6 Å². The number of esters is 1. The van der Waals surface area contributed by atoms with Crippen LogP contribution in [-0.4, -0.2) is 17.5 Å². The Hall–Kier alpha value is -1.91. The molecule has 1 rings (SSSR count). The first-order valence-electron chi connectivity index (χ1n) is 6.48. The first-order chi connectivity index (χ1) is 9.08. The summed E-state index contributed by atoms with van der Waals surface area (Å²) >= 11 is 0. The van der Waals surface area contributed by atoms with E-state index in [9.17, 15) is 14.9 Å². The van der Waals surface area contributed by atoms with Crippen molar-refractivity contribution in [2.24, 2.45) is 0 Å². The molecule has 5 nitrogen and oxygen atoms in total. The van der Waals surface area contributed by atoms with Crippen LogP contribution in [0.15, 0.2) is 24.3 Å². The third kappa shape index (κ3) is 4.69. The number of non-ortho nitro benzene ring substituents is 1. The van der Waals surface area contributed by atoms with Crippen LogP contribution in [0.1, 0.15) is 44.6 Å². The maximum absolute atomic E-state index is 11.6. The molecule has 0 aliphatic carbocycles. The molecule has 0 aromatic heterocycles. The molecular formula is C14H19NO4. The normalized spacial score (nSPS) is 11.9. The molecule has 5 heteroatoms. The van der Waals surface area contributed by atoms with E-state index in [2.05, 4.69) is 0 Å². The van der Waals surface area contributed by atoms with E-state index in [1.807, 2.05) is 13.8 Å². The molecule has 19 heavy (non-hydrogen) atoms. The predicted molar refractivity (Wildman–Crippen MR) is 72.0 cm³/mol. The molecule has 0 saturated carbocycles. The van der Waals surface area contributed by atoms with Crippen LogP contribution in [0.4, 0.5) is 5.69 Å². The molecule has 1 unspecified atom stereocenters. The molecule has 0 saturated heterocycles. The lowest BCUT2D eigenvalue weighted by atomic mass is 9.93. The van der Waals surface area contributed by atoms with Crippen molar-refractivity contribution in [1.82, 2.24) is 0 Å². The van der Waals surface area contributed by atoms with Gasteiger partial charge in [0.1, 0.15) is 0 Å². The van der Waals surface area contributed by atoms with Crippen LogP contribution < -0.4 is 0 Å². The van der Waals surface area contributed by atoms with Crippen molar-refractivity contribution in [3.8, 4) is 0 Å². The van der Waals surface area contributed by atoms with Gasteiger partial charge in [-0.1, -0.05) is 26.0 Å². The van der Waals surface area contributed by atoms with Gasteiger partial charge in [0, 0.05) is 12.1 Å². The van der Waals surface area contributed by atoms with Gasteiger partial charge in [-0.25, -0.2) is 0 Å². The molecular weight excluding hydrogens is 246 g/mol. The van der Waals surface area contributed by atoms with Crippen LogP contribution >= 0.6 is 0 Å². The molecule has 0 spiro atoms. The summed E-state index contributed by atoms with van der Waals surface area (Å²) in [4.78, 5) is 21.7. The summed E-state index contributed by atoms with van der Waals surface area (Å²) in [6, 6.07) is 6.35. The summed E-state index contributed by atoms with van der Waals surface area (Å²) in [7, 11) is 0.